The molecule has 1 aromatic heterocycles. The van der Waals surface area contributed by atoms with E-state index >= 15 is 0 Å². The Morgan fingerprint density at radius 1 is 1.11 bits per heavy atom. The molecular weight excluding hydrogens is 420 g/mol. The van der Waals surface area contributed by atoms with Crippen LogP contribution in [0.1, 0.15) is 5.56 Å². The summed E-state index contributed by atoms with van der Waals surface area (Å²) in [6.07, 6.45) is -5.89. The number of aromatic amines is 1. The van der Waals surface area contributed by atoms with E-state index in [-0.39, 0.29) is 15.9 Å². The maximum absolute atomic E-state index is 13.5. The third kappa shape index (κ3) is 4.39. The molecule has 0 bridgehead atoms. The molecule has 0 saturated carbocycles. The fourth-order valence-corrected chi connectivity index (χ4v) is 4.20. The van der Waals surface area contributed by atoms with E-state index in [2.05, 4.69) is 0 Å². The quantitative estimate of drug-likeness (QED) is 0.432. The molecule has 7 nitrogen and oxygen atoms in total. The molecule has 1 heterocycles. The predicted octanol–water partition coefficient (Wildman–Crippen LogP) is 3.00. The van der Waals surface area contributed by atoms with E-state index in [0.29, 0.717) is 15.5 Å². The maximum atomic E-state index is 13.5. The largest absolute Gasteiger partial charge is 0.417 e. The number of fused-ring (bicyclic) bond motifs is 1. The van der Waals surface area contributed by atoms with Crippen molar-refractivity contribution >= 4 is 30.4 Å². The van der Waals surface area contributed by atoms with Gasteiger partial charge in [-0.15, -0.1) is 0 Å². The van der Waals surface area contributed by atoms with Gasteiger partial charge < -0.3 is 14.8 Å². The first kappa shape index (κ1) is 20.4. The van der Waals surface area contributed by atoms with Gasteiger partial charge >= 0.3 is 24.9 Å². The lowest BCUT2D eigenvalue weighted by molar-refractivity contribution is -0.139. The lowest BCUT2D eigenvalue weighted by Crippen LogP contribution is -2.36. The second kappa shape index (κ2) is 7.25. The van der Waals surface area contributed by atoms with Gasteiger partial charge in [-0.25, -0.2) is 0 Å². The van der Waals surface area contributed by atoms with Crippen molar-refractivity contribution in [3.8, 4) is 0 Å². The minimum atomic E-state index is -4.78. The van der Waals surface area contributed by atoms with Gasteiger partial charge in [0.2, 0.25) is 0 Å². The highest BCUT2D eigenvalue weighted by Gasteiger charge is 2.35. The fraction of sp³-hybridized carbons (Fsp3) is 0.125. The molecule has 3 aromatic rings. The molecule has 28 heavy (non-hydrogen) atoms. The van der Waals surface area contributed by atoms with Gasteiger partial charge in [-0.3, -0.25) is 18.7 Å². The summed E-state index contributed by atoms with van der Waals surface area (Å²) in [5, 5.41) is 0. The molecule has 0 aliphatic carbocycles. The van der Waals surface area contributed by atoms with Gasteiger partial charge in [-0.1, -0.05) is 30.0 Å². The minimum Gasteiger partial charge on any atom is -0.323 e. The third-order valence-corrected chi connectivity index (χ3v) is 5.40. The number of alkyl halides is 3. The molecule has 0 amide bonds. The van der Waals surface area contributed by atoms with Crippen LogP contribution in [-0.4, -0.2) is 19.3 Å². The molecule has 0 saturated heterocycles. The van der Waals surface area contributed by atoms with Crippen LogP contribution in [0.5, 0.6) is 0 Å². The van der Waals surface area contributed by atoms with E-state index < -0.39 is 36.7 Å². The third-order valence-electron chi connectivity index (χ3n) is 3.68. The number of nitrogens with zero attached hydrogens (tertiary/aromatic N) is 1. The summed E-state index contributed by atoms with van der Waals surface area (Å²) in [5.41, 5.74) is -4.18. The van der Waals surface area contributed by atoms with Gasteiger partial charge in [0.25, 0.3) is 0 Å². The van der Waals surface area contributed by atoms with Crippen molar-refractivity contribution in [2.24, 2.45) is 0 Å². The SMILES string of the molecule is O=c1[nH]c2cc(C(F)(F)F)c(Sc3ccccc3)cc2n(CP(=O)(O)O)c1=O. The van der Waals surface area contributed by atoms with Gasteiger partial charge in [0.05, 0.1) is 16.6 Å². The lowest BCUT2D eigenvalue weighted by Gasteiger charge is -2.16. The van der Waals surface area contributed by atoms with Crippen molar-refractivity contribution in [1.82, 2.24) is 9.55 Å². The normalized spacial score (nSPS) is 12.5. The Bertz CT molecular complexity index is 1200. The van der Waals surface area contributed by atoms with Crippen molar-refractivity contribution in [3.05, 3.63) is 68.7 Å². The molecule has 0 aliphatic rings. The first-order valence-corrected chi connectivity index (χ1v) is 10.2. The maximum Gasteiger partial charge on any atom is 0.417 e. The fourth-order valence-electron chi connectivity index (χ4n) is 2.55. The van der Waals surface area contributed by atoms with Crippen molar-refractivity contribution in [1.29, 1.82) is 0 Å². The Balaban J connectivity index is 2.33. The number of H-pyrrole nitrogens is 1. The van der Waals surface area contributed by atoms with E-state index in [1.807, 2.05) is 4.98 Å². The molecule has 12 heteroatoms. The van der Waals surface area contributed by atoms with E-state index in [9.17, 15) is 37.1 Å². The average molecular weight is 432 g/mol. The van der Waals surface area contributed by atoms with E-state index in [0.717, 1.165) is 17.8 Å². The summed E-state index contributed by atoms with van der Waals surface area (Å²) in [4.78, 5) is 44.4. The van der Waals surface area contributed by atoms with Gasteiger partial charge in [-0.05, 0) is 24.3 Å². The zero-order chi connectivity index (χ0) is 20.7. The molecule has 3 N–H and O–H groups in total. The average Bonchev–Trinajstić information content (AvgIpc) is 2.58. The topological polar surface area (TPSA) is 112 Å². The van der Waals surface area contributed by atoms with Crippen LogP contribution in [0.15, 0.2) is 61.8 Å². The van der Waals surface area contributed by atoms with Gasteiger partial charge in [0.1, 0.15) is 6.29 Å². The standard InChI is InChI=1S/C16H12F3N2O5PS/c17-16(18,19)10-6-11-12(7-13(10)28-9-4-2-1-3-5-9)21(8-27(24,25)26)15(23)14(22)20-11/h1-7H,8H2,(H,20,22)(H2,24,25,26). The number of nitrogens with one attached hydrogen (secondary N) is 1. The molecule has 148 valence electrons. The van der Waals surface area contributed by atoms with E-state index in [1.165, 1.54) is 0 Å². The second-order valence-electron chi connectivity index (χ2n) is 5.77. The Kier molecular flexibility index (Phi) is 5.28. The molecule has 0 radical (unpaired) electrons. The first-order chi connectivity index (χ1) is 13.0. The highest BCUT2D eigenvalue weighted by molar-refractivity contribution is 7.99. The van der Waals surface area contributed by atoms with Crippen LogP contribution in [0.2, 0.25) is 0 Å². The molecule has 0 aliphatic heterocycles. The van der Waals surface area contributed by atoms with Crippen LogP contribution in [0.25, 0.3) is 11.0 Å². The van der Waals surface area contributed by atoms with Gasteiger partial charge in [-0.2, -0.15) is 13.2 Å². The first-order valence-electron chi connectivity index (χ1n) is 7.61. The molecule has 0 unspecified atom stereocenters. The van der Waals surface area contributed by atoms with E-state index in [1.54, 1.807) is 30.3 Å². The minimum absolute atomic E-state index is 0.223. The monoisotopic (exact) mass is 432 g/mol. The molecule has 3 rings (SSSR count). The van der Waals surface area contributed by atoms with Crippen LogP contribution in [0, 0.1) is 0 Å². The zero-order valence-corrected chi connectivity index (χ0v) is 15.5. The number of hydrogen-bond donors (Lipinski definition) is 3. The molecule has 2 aromatic carbocycles. The van der Waals surface area contributed by atoms with Crippen LogP contribution in [0.3, 0.4) is 0 Å². The van der Waals surface area contributed by atoms with Crippen LogP contribution in [-0.2, 0) is 17.0 Å². The smallest absolute Gasteiger partial charge is 0.323 e. The second-order valence-corrected chi connectivity index (χ2v) is 8.50. The summed E-state index contributed by atoms with van der Waals surface area (Å²) in [6, 6.07) is 9.78. The summed E-state index contributed by atoms with van der Waals surface area (Å²) < 4.78 is 52.4. The van der Waals surface area contributed by atoms with Crippen LogP contribution in [0.4, 0.5) is 13.2 Å². The highest BCUT2D eigenvalue weighted by Crippen LogP contribution is 2.42. The summed E-state index contributed by atoms with van der Waals surface area (Å²) >= 11 is 0.771. The van der Waals surface area contributed by atoms with Gasteiger partial charge in [0.15, 0.2) is 0 Å². The summed E-state index contributed by atoms with van der Waals surface area (Å²) in [7, 11) is -4.78. The van der Waals surface area contributed by atoms with Crippen LogP contribution < -0.4 is 11.1 Å². The summed E-state index contributed by atoms with van der Waals surface area (Å²) in [6.45, 7) is 0. The predicted molar refractivity (Wildman–Crippen MR) is 96.4 cm³/mol. The number of halogens is 3. The van der Waals surface area contributed by atoms with Gasteiger partial charge in [0, 0.05) is 9.79 Å². The Morgan fingerprint density at radius 3 is 2.32 bits per heavy atom. The number of hydrogen-bond acceptors (Lipinski definition) is 4. The Labute approximate surface area is 159 Å². The van der Waals surface area contributed by atoms with Crippen LogP contribution >= 0.6 is 19.4 Å². The highest BCUT2D eigenvalue weighted by atomic mass is 32.2. The molecule has 0 spiro atoms. The Hall–Kier alpha value is -2.33. The van der Waals surface area contributed by atoms with Crippen molar-refractivity contribution in [2.45, 2.75) is 22.3 Å². The van der Waals surface area contributed by atoms with E-state index in [4.69, 9.17) is 0 Å². The molecular formula is C16H12F3N2O5PS. The van der Waals surface area contributed by atoms with Crippen molar-refractivity contribution in [2.75, 3.05) is 0 Å². The number of aromatic nitrogens is 2. The molecule has 0 fully saturated rings. The lowest BCUT2D eigenvalue weighted by atomic mass is 10.2. The van der Waals surface area contributed by atoms with Crippen molar-refractivity contribution < 1.29 is 27.5 Å². The summed E-state index contributed by atoms with van der Waals surface area (Å²) in [5.74, 6) is 0. The number of rotatable bonds is 4. The molecule has 0 atom stereocenters. The van der Waals surface area contributed by atoms with Crippen molar-refractivity contribution in [3.63, 3.8) is 0 Å². The Morgan fingerprint density at radius 2 is 1.75 bits per heavy atom. The number of benzene rings is 2. The zero-order valence-electron chi connectivity index (χ0n) is 13.8.